The number of nitrogens with zero attached hydrogens (tertiary/aromatic N) is 2. The Morgan fingerprint density at radius 1 is 1.03 bits per heavy atom. The van der Waals surface area contributed by atoms with Crippen molar-refractivity contribution in [1.82, 2.24) is 15.0 Å². The van der Waals surface area contributed by atoms with Gasteiger partial charge in [-0.25, -0.2) is 15.0 Å². The van der Waals surface area contributed by atoms with Crippen molar-refractivity contribution in [3.63, 3.8) is 0 Å². The van der Waals surface area contributed by atoms with Crippen molar-refractivity contribution >= 4 is 18.0 Å². The van der Waals surface area contributed by atoms with E-state index in [1.54, 1.807) is 41.5 Å². The molecule has 1 fully saturated rings. The highest BCUT2D eigenvalue weighted by Crippen LogP contribution is 2.22. The van der Waals surface area contributed by atoms with Gasteiger partial charge in [-0.05, 0) is 54.4 Å². The highest BCUT2D eigenvalue weighted by atomic mass is 16.6. The molecule has 1 aliphatic rings. The second-order valence-electron chi connectivity index (χ2n) is 9.67. The maximum Gasteiger partial charge on any atom is 0.426 e. The zero-order valence-corrected chi connectivity index (χ0v) is 19.8. The minimum Gasteiger partial charge on any atom is -0.456 e. The summed E-state index contributed by atoms with van der Waals surface area (Å²) >= 11 is 0. The second kappa shape index (κ2) is 9.72. The summed E-state index contributed by atoms with van der Waals surface area (Å²) in [7, 11) is 1.30. The molecule has 0 unspecified atom stereocenters. The Morgan fingerprint density at radius 3 is 2.12 bits per heavy atom. The first kappa shape index (κ1) is 25.4. The first-order valence-corrected chi connectivity index (χ1v) is 10.5. The zero-order chi connectivity index (χ0) is 24.3. The molecule has 10 nitrogen and oxygen atoms in total. The van der Waals surface area contributed by atoms with Gasteiger partial charge < -0.3 is 18.8 Å². The van der Waals surface area contributed by atoms with Gasteiger partial charge in [-0.1, -0.05) is 0 Å². The van der Waals surface area contributed by atoms with Gasteiger partial charge in [0.15, 0.2) is 0 Å². The predicted molar refractivity (Wildman–Crippen MR) is 116 cm³/mol. The first-order chi connectivity index (χ1) is 14.7. The lowest BCUT2D eigenvalue weighted by Crippen LogP contribution is -2.46. The number of esters is 1. The quantitative estimate of drug-likeness (QED) is 0.555. The van der Waals surface area contributed by atoms with Crippen molar-refractivity contribution in [2.24, 2.45) is 0 Å². The van der Waals surface area contributed by atoms with Gasteiger partial charge in [-0.2, -0.15) is 0 Å². The van der Waals surface area contributed by atoms with E-state index in [0.29, 0.717) is 26.1 Å². The standard InChI is InChI=1S/C22H33N3O7/c1-21(2,3)31-19(28)16-13-25(14-8-10-30-11-9-14)17(26)12-15(16)18(27)24(7)23-20(29)32-22(4,5)6/h12-14H,8-11H2,1-7H3,(H,23,29). The first-order valence-electron chi connectivity index (χ1n) is 10.5. The number of amides is 2. The van der Waals surface area contributed by atoms with E-state index in [-0.39, 0.29) is 17.2 Å². The van der Waals surface area contributed by atoms with E-state index in [4.69, 9.17) is 14.2 Å². The molecule has 32 heavy (non-hydrogen) atoms. The van der Waals surface area contributed by atoms with Crippen LogP contribution in [0.5, 0.6) is 0 Å². The second-order valence-corrected chi connectivity index (χ2v) is 9.67. The monoisotopic (exact) mass is 451 g/mol. The van der Waals surface area contributed by atoms with Crippen LogP contribution in [0, 0.1) is 0 Å². The molecule has 0 aromatic carbocycles. The number of hydrogen-bond acceptors (Lipinski definition) is 7. The molecule has 2 heterocycles. The number of hydrazine groups is 1. The highest BCUT2D eigenvalue weighted by Gasteiger charge is 2.29. The van der Waals surface area contributed by atoms with Gasteiger partial charge >= 0.3 is 12.1 Å². The summed E-state index contributed by atoms with van der Waals surface area (Å²) in [6.45, 7) is 11.2. The van der Waals surface area contributed by atoms with Crippen LogP contribution < -0.4 is 11.0 Å². The largest absolute Gasteiger partial charge is 0.456 e. The molecule has 1 saturated heterocycles. The number of carbonyl (C=O) groups is 3. The van der Waals surface area contributed by atoms with Gasteiger partial charge in [0.1, 0.15) is 11.2 Å². The van der Waals surface area contributed by atoms with Crippen LogP contribution in [0.15, 0.2) is 17.1 Å². The van der Waals surface area contributed by atoms with E-state index >= 15 is 0 Å². The van der Waals surface area contributed by atoms with Gasteiger partial charge in [0.25, 0.3) is 11.5 Å². The van der Waals surface area contributed by atoms with E-state index in [9.17, 15) is 19.2 Å². The van der Waals surface area contributed by atoms with E-state index in [1.807, 2.05) is 0 Å². The Bertz CT molecular complexity index is 919. The third kappa shape index (κ3) is 7.08. The SMILES string of the molecule is CN(NC(=O)OC(C)(C)C)C(=O)c1cc(=O)n(C2CCOCC2)cc1C(=O)OC(C)(C)C. The number of nitrogens with one attached hydrogen (secondary N) is 1. The minimum atomic E-state index is -0.845. The minimum absolute atomic E-state index is 0.0612. The fourth-order valence-electron chi connectivity index (χ4n) is 3.14. The Labute approximate surface area is 187 Å². The molecule has 0 bridgehead atoms. The average molecular weight is 452 g/mol. The number of hydrogen-bond donors (Lipinski definition) is 1. The Morgan fingerprint density at radius 2 is 1.59 bits per heavy atom. The van der Waals surface area contributed by atoms with E-state index < -0.39 is 34.7 Å². The summed E-state index contributed by atoms with van der Waals surface area (Å²) < 4.78 is 17.4. The lowest BCUT2D eigenvalue weighted by molar-refractivity contribution is 0.00649. The average Bonchev–Trinajstić information content (AvgIpc) is 2.64. The van der Waals surface area contributed by atoms with Crippen LogP contribution >= 0.6 is 0 Å². The number of rotatable bonds is 3. The van der Waals surface area contributed by atoms with Crippen LogP contribution in [0.1, 0.15) is 81.1 Å². The van der Waals surface area contributed by atoms with Crippen LogP contribution in [0.25, 0.3) is 0 Å². The molecular formula is C22H33N3O7. The van der Waals surface area contributed by atoms with Crippen molar-refractivity contribution in [2.45, 2.75) is 71.6 Å². The Balaban J connectivity index is 2.41. The normalized spacial score (nSPS) is 15.1. The molecule has 0 spiro atoms. The smallest absolute Gasteiger partial charge is 0.426 e. The number of ether oxygens (including phenoxy) is 3. The summed E-state index contributed by atoms with van der Waals surface area (Å²) in [6, 6.07) is 0.948. The van der Waals surface area contributed by atoms with Gasteiger partial charge in [0, 0.05) is 38.6 Å². The summed E-state index contributed by atoms with van der Waals surface area (Å²) in [5.41, 5.74) is 0.0515. The van der Waals surface area contributed by atoms with E-state index in [1.165, 1.54) is 17.8 Å². The van der Waals surface area contributed by atoms with Gasteiger partial charge in [0.2, 0.25) is 0 Å². The molecular weight excluding hydrogens is 418 g/mol. The molecule has 178 valence electrons. The third-order valence-electron chi connectivity index (χ3n) is 4.48. The molecule has 2 amide bonds. The topological polar surface area (TPSA) is 116 Å². The fourth-order valence-corrected chi connectivity index (χ4v) is 3.14. The third-order valence-corrected chi connectivity index (χ3v) is 4.48. The van der Waals surface area contributed by atoms with Crippen molar-refractivity contribution in [1.29, 1.82) is 0 Å². The zero-order valence-electron chi connectivity index (χ0n) is 19.8. The van der Waals surface area contributed by atoms with Crippen molar-refractivity contribution in [3.05, 3.63) is 33.7 Å². The summed E-state index contributed by atoms with van der Waals surface area (Å²) in [6.07, 6.45) is 1.74. The molecule has 0 radical (unpaired) electrons. The van der Waals surface area contributed by atoms with Gasteiger partial charge in [-0.15, -0.1) is 0 Å². The van der Waals surface area contributed by atoms with Crippen molar-refractivity contribution in [3.8, 4) is 0 Å². The molecule has 1 aliphatic heterocycles. The number of pyridine rings is 1. The maximum absolute atomic E-state index is 13.1. The predicted octanol–water partition coefficient (Wildman–Crippen LogP) is 2.67. The maximum atomic E-state index is 13.1. The molecule has 1 aromatic rings. The summed E-state index contributed by atoms with van der Waals surface area (Å²) in [5, 5.41) is 0.871. The molecule has 2 rings (SSSR count). The number of aromatic nitrogens is 1. The number of carbonyl (C=O) groups excluding carboxylic acids is 3. The molecule has 0 aliphatic carbocycles. The lowest BCUT2D eigenvalue weighted by Gasteiger charge is -2.27. The van der Waals surface area contributed by atoms with Gasteiger partial charge in [0.05, 0.1) is 11.1 Å². The Hall–Kier alpha value is -2.88. The Kier molecular flexibility index (Phi) is 7.71. The van der Waals surface area contributed by atoms with Crippen LogP contribution in [-0.4, -0.2) is 59.0 Å². The molecule has 0 atom stereocenters. The molecule has 1 N–H and O–H groups in total. The highest BCUT2D eigenvalue weighted by molar-refractivity contribution is 6.05. The van der Waals surface area contributed by atoms with Crippen LogP contribution in [0.4, 0.5) is 4.79 Å². The molecule has 10 heteroatoms. The van der Waals surface area contributed by atoms with E-state index in [2.05, 4.69) is 5.43 Å². The van der Waals surface area contributed by atoms with Crippen molar-refractivity contribution in [2.75, 3.05) is 20.3 Å². The fraction of sp³-hybridized carbons (Fsp3) is 0.636. The summed E-state index contributed by atoms with van der Waals surface area (Å²) in [5.74, 6) is -1.50. The van der Waals surface area contributed by atoms with E-state index in [0.717, 1.165) is 11.1 Å². The van der Waals surface area contributed by atoms with Crippen LogP contribution in [-0.2, 0) is 14.2 Å². The lowest BCUT2D eigenvalue weighted by atomic mass is 10.1. The van der Waals surface area contributed by atoms with Crippen LogP contribution in [0.3, 0.4) is 0 Å². The molecule has 1 aromatic heterocycles. The molecule has 0 saturated carbocycles. The van der Waals surface area contributed by atoms with Crippen LogP contribution in [0.2, 0.25) is 0 Å². The van der Waals surface area contributed by atoms with Crippen molar-refractivity contribution < 1.29 is 28.6 Å². The van der Waals surface area contributed by atoms with Gasteiger partial charge in [-0.3, -0.25) is 14.6 Å². The summed E-state index contributed by atoms with van der Waals surface area (Å²) in [4.78, 5) is 50.8.